The Hall–Kier alpha value is -0.840. The first-order chi connectivity index (χ1) is 7.24. The normalized spacial score (nSPS) is 10.3. The van der Waals surface area contributed by atoms with Gasteiger partial charge in [0, 0.05) is 12.6 Å². The van der Waals surface area contributed by atoms with Gasteiger partial charge in [0.1, 0.15) is 5.69 Å². The number of benzene rings is 1. The Morgan fingerprint density at radius 1 is 1.27 bits per heavy atom. The molecule has 1 heterocycles. The van der Waals surface area contributed by atoms with Gasteiger partial charge in [0.25, 0.3) is 0 Å². The molecule has 1 aromatic heterocycles. The van der Waals surface area contributed by atoms with Gasteiger partial charge in [-0.15, -0.1) is 0 Å². The van der Waals surface area contributed by atoms with Crippen molar-refractivity contribution < 1.29 is 0 Å². The van der Waals surface area contributed by atoms with Crippen LogP contribution in [-0.4, -0.2) is 15.8 Å². The highest BCUT2D eigenvalue weighted by atomic mass is 35.5. The fourth-order valence-electron chi connectivity index (χ4n) is 1.22. The molecule has 15 heavy (non-hydrogen) atoms. The van der Waals surface area contributed by atoms with E-state index in [0.717, 1.165) is 23.0 Å². The maximum atomic E-state index is 6.09. The van der Waals surface area contributed by atoms with E-state index in [2.05, 4.69) is 14.1 Å². The smallest absolute Gasteiger partial charge is 0.167 e. The second-order valence-electron chi connectivity index (χ2n) is 2.81. The lowest BCUT2D eigenvalue weighted by atomic mass is 10.1. The minimum absolute atomic E-state index is 0.503. The zero-order valence-electron chi connectivity index (χ0n) is 7.79. The quantitative estimate of drug-likeness (QED) is 0.897. The fraction of sp³-hybridized carbons (Fsp3) is 0.111. The predicted molar refractivity (Wildman–Crippen MR) is 64.9 cm³/mol. The molecule has 0 fully saturated rings. The summed E-state index contributed by atoms with van der Waals surface area (Å²) in [4.78, 5) is 0. The lowest BCUT2D eigenvalue weighted by Crippen LogP contribution is -1.91. The first-order valence-electron chi connectivity index (χ1n) is 4.18. The molecule has 0 aliphatic heterocycles. The van der Waals surface area contributed by atoms with Gasteiger partial charge in [-0.2, -0.15) is 8.75 Å². The molecule has 2 rings (SSSR count). The number of rotatable bonds is 2. The van der Waals surface area contributed by atoms with E-state index in [4.69, 9.17) is 23.2 Å². The third-order valence-corrected chi connectivity index (χ3v) is 3.28. The van der Waals surface area contributed by atoms with Gasteiger partial charge in [0.2, 0.25) is 0 Å². The third-order valence-electron chi connectivity index (χ3n) is 1.93. The molecule has 6 heteroatoms. The largest absolute Gasteiger partial charge is 0.370 e. The molecule has 2 aromatic rings. The van der Waals surface area contributed by atoms with Crippen LogP contribution in [0.15, 0.2) is 18.2 Å². The first kappa shape index (κ1) is 10.7. The Bertz CT molecular complexity index is 484. The van der Waals surface area contributed by atoms with Crippen molar-refractivity contribution in [3.63, 3.8) is 0 Å². The Balaban J connectivity index is 2.59. The summed E-state index contributed by atoms with van der Waals surface area (Å²) in [7, 11) is 1.79. The maximum absolute atomic E-state index is 6.09. The lowest BCUT2D eigenvalue weighted by Gasteiger charge is -2.03. The number of nitrogens with one attached hydrogen (secondary N) is 1. The number of aromatic nitrogens is 2. The minimum Gasteiger partial charge on any atom is -0.370 e. The van der Waals surface area contributed by atoms with Crippen molar-refractivity contribution in [2.75, 3.05) is 12.4 Å². The molecule has 0 atom stereocenters. The molecule has 0 saturated carbocycles. The summed E-state index contributed by atoms with van der Waals surface area (Å²) in [6.07, 6.45) is 0. The molecule has 0 amide bonds. The summed E-state index contributed by atoms with van der Waals surface area (Å²) >= 11 is 13.2. The molecule has 0 bridgehead atoms. The Labute approximate surface area is 101 Å². The highest BCUT2D eigenvalue weighted by Gasteiger charge is 2.13. The molecule has 0 unspecified atom stereocenters. The lowest BCUT2D eigenvalue weighted by molar-refractivity contribution is 1.40. The van der Waals surface area contributed by atoms with Gasteiger partial charge in [-0.3, -0.25) is 0 Å². The van der Waals surface area contributed by atoms with Crippen LogP contribution < -0.4 is 5.32 Å². The number of hydrogen-bond acceptors (Lipinski definition) is 4. The average Bonchev–Trinajstić information content (AvgIpc) is 2.70. The van der Waals surface area contributed by atoms with Crippen molar-refractivity contribution in [2.24, 2.45) is 0 Å². The van der Waals surface area contributed by atoms with E-state index in [-0.39, 0.29) is 0 Å². The zero-order chi connectivity index (χ0) is 10.8. The van der Waals surface area contributed by atoms with Crippen LogP contribution in [0.1, 0.15) is 0 Å². The Morgan fingerprint density at radius 2 is 2.07 bits per heavy atom. The molecule has 3 nitrogen and oxygen atoms in total. The van der Waals surface area contributed by atoms with Crippen molar-refractivity contribution >= 4 is 40.7 Å². The van der Waals surface area contributed by atoms with E-state index in [1.807, 2.05) is 12.1 Å². The summed E-state index contributed by atoms with van der Waals surface area (Å²) in [6.45, 7) is 0. The van der Waals surface area contributed by atoms with Gasteiger partial charge < -0.3 is 5.32 Å². The van der Waals surface area contributed by atoms with Gasteiger partial charge in [-0.25, -0.2) is 0 Å². The second-order valence-corrected chi connectivity index (χ2v) is 4.13. The topological polar surface area (TPSA) is 37.8 Å². The van der Waals surface area contributed by atoms with Crippen LogP contribution in [0.3, 0.4) is 0 Å². The van der Waals surface area contributed by atoms with Crippen LogP contribution in [0.25, 0.3) is 11.3 Å². The first-order valence-corrected chi connectivity index (χ1v) is 5.67. The summed E-state index contributed by atoms with van der Waals surface area (Å²) in [6, 6.07) is 5.44. The standard InChI is InChI=1S/C9H7Cl2N3S/c1-12-9-8(13-15-14-9)5-3-2-4-6(10)7(5)11/h2-4H,1H3,(H,12,14). The molecule has 0 spiro atoms. The van der Waals surface area contributed by atoms with Crippen LogP contribution in [0.5, 0.6) is 0 Å². The maximum Gasteiger partial charge on any atom is 0.167 e. The van der Waals surface area contributed by atoms with E-state index in [1.54, 1.807) is 13.1 Å². The molecule has 0 aliphatic carbocycles. The van der Waals surface area contributed by atoms with Crippen molar-refractivity contribution in [3.05, 3.63) is 28.2 Å². The molecule has 78 valence electrons. The molecule has 0 aliphatic rings. The molecular weight excluding hydrogens is 253 g/mol. The number of anilines is 1. The molecule has 1 N–H and O–H groups in total. The Kier molecular flexibility index (Phi) is 3.09. The fourth-order valence-corrected chi connectivity index (χ4v) is 2.17. The van der Waals surface area contributed by atoms with Gasteiger partial charge in [0.05, 0.1) is 21.8 Å². The summed E-state index contributed by atoms with van der Waals surface area (Å²) in [5, 5.41) is 3.98. The van der Waals surface area contributed by atoms with Crippen molar-refractivity contribution in [1.82, 2.24) is 8.75 Å². The van der Waals surface area contributed by atoms with Crippen molar-refractivity contribution in [1.29, 1.82) is 0 Å². The third kappa shape index (κ3) is 1.93. The highest BCUT2D eigenvalue weighted by Crippen LogP contribution is 2.35. The highest BCUT2D eigenvalue weighted by molar-refractivity contribution is 6.99. The second kappa shape index (κ2) is 4.35. The van der Waals surface area contributed by atoms with Gasteiger partial charge >= 0.3 is 0 Å². The van der Waals surface area contributed by atoms with E-state index >= 15 is 0 Å². The van der Waals surface area contributed by atoms with E-state index < -0.39 is 0 Å². The van der Waals surface area contributed by atoms with Gasteiger partial charge in [-0.05, 0) is 6.07 Å². The summed E-state index contributed by atoms with van der Waals surface area (Å²) in [5.41, 5.74) is 1.53. The number of nitrogens with zero attached hydrogens (tertiary/aromatic N) is 2. The molecule has 0 saturated heterocycles. The van der Waals surface area contributed by atoms with Gasteiger partial charge in [-0.1, -0.05) is 35.3 Å². The van der Waals surface area contributed by atoms with Gasteiger partial charge in [0.15, 0.2) is 5.82 Å². The predicted octanol–water partition coefficient (Wildman–Crippen LogP) is 3.55. The number of halogens is 2. The van der Waals surface area contributed by atoms with Crippen LogP contribution in [0, 0.1) is 0 Å². The summed E-state index contributed by atoms with van der Waals surface area (Å²) < 4.78 is 8.28. The minimum atomic E-state index is 0.503. The van der Waals surface area contributed by atoms with E-state index in [0.29, 0.717) is 15.9 Å². The van der Waals surface area contributed by atoms with Crippen LogP contribution in [0.2, 0.25) is 10.0 Å². The molecular formula is C9H7Cl2N3S. The number of hydrogen-bond donors (Lipinski definition) is 1. The summed E-state index contributed by atoms with van der Waals surface area (Å²) in [5.74, 6) is 0.712. The Morgan fingerprint density at radius 3 is 2.80 bits per heavy atom. The molecule has 0 radical (unpaired) electrons. The monoisotopic (exact) mass is 259 g/mol. The van der Waals surface area contributed by atoms with E-state index in [9.17, 15) is 0 Å². The van der Waals surface area contributed by atoms with E-state index in [1.165, 1.54) is 0 Å². The van der Waals surface area contributed by atoms with Crippen LogP contribution in [-0.2, 0) is 0 Å². The SMILES string of the molecule is CNc1nsnc1-c1cccc(Cl)c1Cl. The van der Waals surface area contributed by atoms with Crippen molar-refractivity contribution in [2.45, 2.75) is 0 Å². The molecule has 1 aromatic carbocycles. The van der Waals surface area contributed by atoms with Crippen molar-refractivity contribution in [3.8, 4) is 11.3 Å². The average molecular weight is 260 g/mol. The van der Waals surface area contributed by atoms with Crippen LogP contribution >= 0.6 is 34.9 Å². The van der Waals surface area contributed by atoms with Crippen LogP contribution in [0.4, 0.5) is 5.82 Å². The zero-order valence-corrected chi connectivity index (χ0v) is 10.1.